The number of halogens is 1. The third-order valence-corrected chi connectivity index (χ3v) is 4.66. The Morgan fingerprint density at radius 3 is 2.19 bits per heavy atom. The molecule has 0 bridgehead atoms. The zero-order valence-corrected chi connectivity index (χ0v) is 11.5. The number of hydrogen-bond donors (Lipinski definition) is 0. The summed E-state index contributed by atoms with van der Waals surface area (Å²) in [5.41, 5.74) is 0.531. The summed E-state index contributed by atoms with van der Waals surface area (Å²) in [4.78, 5) is 0. The molecule has 0 aliphatic heterocycles. The minimum Gasteiger partial charge on any atom is -0.298 e. The van der Waals surface area contributed by atoms with Gasteiger partial charge in [0, 0.05) is 12.5 Å². The van der Waals surface area contributed by atoms with Crippen LogP contribution >= 0.6 is 11.6 Å². The van der Waals surface area contributed by atoms with Crippen LogP contribution in [0.15, 0.2) is 0 Å². The van der Waals surface area contributed by atoms with Crippen molar-refractivity contribution < 1.29 is 0 Å². The molecule has 0 atom stereocenters. The van der Waals surface area contributed by atoms with Gasteiger partial charge in [0.25, 0.3) is 0 Å². The Hall–Kier alpha value is -0.570. The molecule has 1 aliphatic carbocycles. The van der Waals surface area contributed by atoms with Crippen molar-refractivity contribution in [2.24, 2.45) is 10.8 Å². The van der Waals surface area contributed by atoms with E-state index in [1.165, 1.54) is 0 Å². The molecule has 0 amide bonds. The Kier molecular flexibility index (Phi) is 2.57. The topological polar surface area (TPSA) is 30.7 Å². The first kappa shape index (κ1) is 11.9. The molecule has 2 rings (SSSR count). The predicted molar refractivity (Wildman–Crippen MR) is 65.6 cm³/mol. The Bertz CT molecular complexity index is 392. The van der Waals surface area contributed by atoms with Crippen LogP contribution in [-0.4, -0.2) is 14.8 Å². The molecule has 1 fully saturated rings. The van der Waals surface area contributed by atoms with E-state index in [1.807, 2.05) is 0 Å². The van der Waals surface area contributed by atoms with Gasteiger partial charge in [-0.2, -0.15) is 0 Å². The van der Waals surface area contributed by atoms with E-state index in [0.29, 0.717) is 11.3 Å². The van der Waals surface area contributed by atoms with Gasteiger partial charge in [0.15, 0.2) is 0 Å². The van der Waals surface area contributed by atoms with E-state index in [2.05, 4.69) is 49.4 Å². The summed E-state index contributed by atoms with van der Waals surface area (Å²) in [5.74, 6) is 1.02. The number of hydrogen-bond acceptors (Lipinski definition) is 2. The molecule has 90 valence electrons. The predicted octanol–water partition coefficient (Wildman–Crippen LogP) is 3.49. The first-order valence-electron chi connectivity index (χ1n) is 5.93. The van der Waals surface area contributed by atoms with Crippen molar-refractivity contribution in [3.05, 3.63) is 11.1 Å². The molecule has 16 heavy (non-hydrogen) atoms. The maximum atomic E-state index is 6.16. The van der Waals surface area contributed by atoms with Crippen molar-refractivity contribution in [1.29, 1.82) is 0 Å². The van der Waals surface area contributed by atoms with Gasteiger partial charge >= 0.3 is 0 Å². The Labute approximate surface area is 102 Å². The molecular formula is C12H20ClN3. The fraction of sp³-hybridized carbons (Fsp3) is 0.833. The number of rotatable bonds is 3. The molecule has 1 saturated carbocycles. The van der Waals surface area contributed by atoms with Crippen LogP contribution in [-0.2, 0) is 6.42 Å². The number of aryl methyl sites for hydroxylation is 1. The molecule has 1 aromatic heterocycles. The summed E-state index contributed by atoms with van der Waals surface area (Å²) in [6.45, 7) is 11.3. The normalized spacial score (nSPS) is 22.4. The van der Waals surface area contributed by atoms with Crippen molar-refractivity contribution in [1.82, 2.24) is 14.8 Å². The van der Waals surface area contributed by atoms with Crippen molar-refractivity contribution >= 4 is 11.6 Å². The highest BCUT2D eigenvalue weighted by Crippen LogP contribution is 2.71. The molecule has 0 spiro atoms. The van der Waals surface area contributed by atoms with Crippen molar-refractivity contribution in [3.8, 4) is 0 Å². The van der Waals surface area contributed by atoms with Gasteiger partial charge in [-0.3, -0.25) is 4.57 Å². The van der Waals surface area contributed by atoms with Crippen LogP contribution in [0.5, 0.6) is 0 Å². The summed E-state index contributed by atoms with van der Waals surface area (Å²) in [7, 11) is 0. The third kappa shape index (κ3) is 1.41. The van der Waals surface area contributed by atoms with E-state index in [-0.39, 0.29) is 10.8 Å². The highest BCUT2D eigenvalue weighted by Gasteiger charge is 2.66. The molecule has 4 heteroatoms. The molecule has 3 nitrogen and oxygen atoms in total. The molecule has 1 aromatic rings. The maximum Gasteiger partial charge on any atom is 0.225 e. The van der Waals surface area contributed by atoms with Gasteiger partial charge in [-0.05, 0) is 28.9 Å². The van der Waals surface area contributed by atoms with Gasteiger partial charge in [0.1, 0.15) is 5.82 Å². The van der Waals surface area contributed by atoms with E-state index in [1.54, 1.807) is 0 Å². The third-order valence-electron chi connectivity index (χ3n) is 4.40. The monoisotopic (exact) mass is 241 g/mol. The summed E-state index contributed by atoms with van der Waals surface area (Å²) in [6.07, 6.45) is 2.02. The SMILES string of the molecule is CCCc1nnc(Cl)n1C1C(C)(C)C1(C)C. The van der Waals surface area contributed by atoms with Crippen LogP contribution in [0.1, 0.15) is 52.9 Å². The smallest absolute Gasteiger partial charge is 0.225 e. The van der Waals surface area contributed by atoms with Crippen molar-refractivity contribution in [2.45, 2.75) is 53.5 Å². The summed E-state index contributed by atoms with van der Waals surface area (Å²) >= 11 is 6.16. The van der Waals surface area contributed by atoms with Crippen LogP contribution in [0, 0.1) is 10.8 Å². The highest BCUT2D eigenvalue weighted by atomic mass is 35.5. The molecule has 0 N–H and O–H groups in total. The molecule has 0 radical (unpaired) electrons. The Morgan fingerprint density at radius 2 is 1.75 bits per heavy atom. The van der Waals surface area contributed by atoms with Crippen LogP contribution in [0.4, 0.5) is 0 Å². The van der Waals surface area contributed by atoms with Gasteiger partial charge in [-0.15, -0.1) is 10.2 Å². The quantitative estimate of drug-likeness (QED) is 0.811. The lowest BCUT2D eigenvalue weighted by Crippen LogP contribution is -2.06. The second-order valence-electron chi connectivity index (χ2n) is 5.85. The average Bonchev–Trinajstić information content (AvgIpc) is 2.45. The molecule has 1 aliphatic rings. The molecule has 0 saturated heterocycles. The maximum absolute atomic E-state index is 6.16. The van der Waals surface area contributed by atoms with Gasteiger partial charge in [-0.25, -0.2) is 0 Å². The van der Waals surface area contributed by atoms with E-state index < -0.39 is 0 Å². The van der Waals surface area contributed by atoms with Gasteiger partial charge in [-0.1, -0.05) is 34.6 Å². The first-order chi connectivity index (χ1) is 7.34. The van der Waals surface area contributed by atoms with E-state index in [9.17, 15) is 0 Å². The van der Waals surface area contributed by atoms with Crippen LogP contribution in [0.25, 0.3) is 0 Å². The van der Waals surface area contributed by atoms with Crippen LogP contribution in [0.3, 0.4) is 0 Å². The molecule has 0 aromatic carbocycles. The van der Waals surface area contributed by atoms with E-state index >= 15 is 0 Å². The minimum atomic E-state index is 0.265. The van der Waals surface area contributed by atoms with Crippen molar-refractivity contribution in [3.63, 3.8) is 0 Å². The lowest BCUT2D eigenvalue weighted by Gasteiger charge is -2.09. The summed E-state index contributed by atoms with van der Waals surface area (Å²) < 4.78 is 2.13. The Balaban J connectivity index is 2.39. The second kappa shape index (κ2) is 3.46. The summed E-state index contributed by atoms with van der Waals surface area (Å²) in [6, 6.07) is 0.420. The molecule has 1 heterocycles. The van der Waals surface area contributed by atoms with Gasteiger partial charge in [0.05, 0.1) is 0 Å². The lowest BCUT2D eigenvalue weighted by atomic mass is 10.0. The Morgan fingerprint density at radius 1 is 1.19 bits per heavy atom. The lowest BCUT2D eigenvalue weighted by molar-refractivity contribution is 0.457. The number of aromatic nitrogens is 3. The number of nitrogens with zero attached hydrogens (tertiary/aromatic N) is 3. The largest absolute Gasteiger partial charge is 0.298 e. The fourth-order valence-electron chi connectivity index (χ4n) is 2.76. The van der Waals surface area contributed by atoms with Gasteiger partial charge in [0.2, 0.25) is 5.28 Å². The van der Waals surface area contributed by atoms with Crippen molar-refractivity contribution in [2.75, 3.05) is 0 Å². The zero-order chi connectivity index (χ0) is 12.1. The van der Waals surface area contributed by atoms with E-state index in [0.717, 1.165) is 18.7 Å². The van der Waals surface area contributed by atoms with Crippen LogP contribution in [0.2, 0.25) is 5.28 Å². The zero-order valence-electron chi connectivity index (χ0n) is 10.7. The molecular weight excluding hydrogens is 222 g/mol. The molecule has 0 unspecified atom stereocenters. The average molecular weight is 242 g/mol. The van der Waals surface area contributed by atoms with Crippen LogP contribution < -0.4 is 0 Å². The summed E-state index contributed by atoms with van der Waals surface area (Å²) in [5, 5.41) is 8.72. The standard InChI is InChI=1S/C12H20ClN3/c1-6-7-8-14-15-10(13)16(8)9-11(2,3)12(9,4)5/h9H,6-7H2,1-5H3. The fourth-order valence-corrected chi connectivity index (χ4v) is 2.99. The highest BCUT2D eigenvalue weighted by molar-refractivity contribution is 6.28. The second-order valence-corrected chi connectivity index (χ2v) is 6.19. The van der Waals surface area contributed by atoms with Gasteiger partial charge < -0.3 is 0 Å². The first-order valence-corrected chi connectivity index (χ1v) is 6.31. The van der Waals surface area contributed by atoms with E-state index in [4.69, 9.17) is 11.6 Å². The minimum absolute atomic E-state index is 0.265.